The molecule has 2 aromatic carbocycles. The molecule has 150 valence electrons. The molecule has 6 rings (SSSR count). The van der Waals surface area contributed by atoms with Crippen LogP contribution in [0.1, 0.15) is 19.3 Å². The SMILES string of the molecule is O=c1[nH]c(Nc2ccc(N3CC4CCC3C4)cc2)nc2c1cnn2-c1ccccc1. The Bertz CT molecular complexity index is 1260. The van der Waals surface area contributed by atoms with Gasteiger partial charge in [0.1, 0.15) is 5.39 Å². The van der Waals surface area contributed by atoms with Crippen LogP contribution in [0, 0.1) is 5.92 Å². The molecule has 1 saturated heterocycles. The van der Waals surface area contributed by atoms with E-state index in [0.29, 0.717) is 23.0 Å². The summed E-state index contributed by atoms with van der Waals surface area (Å²) < 4.78 is 1.68. The molecule has 7 nitrogen and oxygen atoms in total. The number of fused-ring (bicyclic) bond motifs is 3. The minimum atomic E-state index is -0.214. The number of aromatic nitrogens is 4. The minimum Gasteiger partial charge on any atom is -0.368 e. The van der Waals surface area contributed by atoms with Crippen molar-refractivity contribution in [3.8, 4) is 5.69 Å². The van der Waals surface area contributed by atoms with Gasteiger partial charge < -0.3 is 10.2 Å². The van der Waals surface area contributed by atoms with Crippen LogP contribution in [0.4, 0.5) is 17.3 Å². The average Bonchev–Trinajstić information content (AvgIpc) is 3.51. The summed E-state index contributed by atoms with van der Waals surface area (Å²) >= 11 is 0. The zero-order chi connectivity index (χ0) is 20.1. The number of hydrogen-bond donors (Lipinski definition) is 2. The van der Waals surface area contributed by atoms with E-state index < -0.39 is 0 Å². The molecule has 2 aromatic heterocycles. The van der Waals surface area contributed by atoms with E-state index in [1.165, 1.54) is 31.5 Å². The summed E-state index contributed by atoms with van der Waals surface area (Å²) in [6, 6.07) is 18.8. The van der Waals surface area contributed by atoms with Gasteiger partial charge >= 0.3 is 0 Å². The van der Waals surface area contributed by atoms with Gasteiger partial charge in [-0.05, 0) is 61.6 Å². The van der Waals surface area contributed by atoms with E-state index >= 15 is 0 Å². The maximum atomic E-state index is 12.5. The van der Waals surface area contributed by atoms with Gasteiger partial charge in [0.05, 0.1) is 11.9 Å². The van der Waals surface area contributed by atoms with Gasteiger partial charge in [0.15, 0.2) is 5.65 Å². The molecule has 2 unspecified atom stereocenters. The second kappa shape index (κ2) is 6.73. The number of nitrogens with zero attached hydrogens (tertiary/aromatic N) is 4. The normalized spacial score (nSPS) is 20.2. The monoisotopic (exact) mass is 398 g/mol. The molecule has 0 radical (unpaired) electrons. The van der Waals surface area contributed by atoms with Gasteiger partial charge in [-0.3, -0.25) is 9.78 Å². The number of anilines is 3. The molecule has 1 aliphatic heterocycles. The summed E-state index contributed by atoms with van der Waals surface area (Å²) in [7, 11) is 0. The Hall–Kier alpha value is -3.61. The predicted octanol–water partition coefficient (Wildman–Crippen LogP) is 3.84. The van der Waals surface area contributed by atoms with Crippen molar-refractivity contribution >= 4 is 28.4 Å². The van der Waals surface area contributed by atoms with Crippen LogP contribution in [0.3, 0.4) is 0 Å². The summed E-state index contributed by atoms with van der Waals surface area (Å²) in [5.41, 5.74) is 3.33. The topological polar surface area (TPSA) is 78.8 Å². The second-order valence-corrected chi connectivity index (χ2v) is 8.20. The zero-order valence-corrected chi connectivity index (χ0v) is 16.5. The molecule has 7 heteroatoms. The number of hydrogen-bond acceptors (Lipinski definition) is 5. The van der Waals surface area contributed by atoms with Crippen molar-refractivity contribution in [3.05, 3.63) is 71.1 Å². The van der Waals surface area contributed by atoms with Crippen molar-refractivity contribution in [1.82, 2.24) is 19.7 Å². The number of aromatic amines is 1. The fourth-order valence-electron chi connectivity index (χ4n) is 4.85. The summed E-state index contributed by atoms with van der Waals surface area (Å²) in [5.74, 6) is 1.27. The van der Waals surface area contributed by atoms with Crippen LogP contribution in [-0.2, 0) is 0 Å². The van der Waals surface area contributed by atoms with Crippen molar-refractivity contribution in [2.24, 2.45) is 5.92 Å². The molecular weight excluding hydrogens is 376 g/mol. The lowest BCUT2D eigenvalue weighted by molar-refractivity contribution is 0.553. The molecule has 2 aliphatic rings. The Balaban J connectivity index is 1.29. The van der Waals surface area contributed by atoms with E-state index in [0.717, 1.165) is 17.3 Å². The maximum absolute atomic E-state index is 12.5. The van der Waals surface area contributed by atoms with E-state index in [2.05, 4.69) is 37.4 Å². The lowest BCUT2D eigenvalue weighted by atomic mass is 10.1. The molecule has 4 aromatic rings. The number of para-hydroxylation sites is 1. The highest BCUT2D eigenvalue weighted by atomic mass is 16.1. The fourth-order valence-corrected chi connectivity index (χ4v) is 4.85. The number of piperidine rings is 1. The lowest BCUT2D eigenvalue weighted by Crippen LogP contribution is -2.31. The van der Waals surface area contributed by atoms with Crippen LogP contribution >= 0.6 is 0 Å². The molecule has 2 atom stereocenters. The van der Waals surface area contributed by atoms with E-state index in [1.807, 2.05) is 42.5 Å². The van der Waals surface area contributed by atoms with Crippen molar-refractivity contribution in [1.29, 1.82) is 0 Å². The van der Waals surface area contributed by atoms with Gasteiger partial charge in [0, 0.05) is 24.0 Å². The molecular formula is C23H22N6O. The van der Waals surface area contributed by atoms with Crippen LogP contribution in [0.2, 0.25) is 0 Å². The molecule has 30 heavy (non-hydrogen) atoms. The van der Waals surface area contributed by atoms with E-state index in [-0.39, 0.29) is 5.56 Å². The summed E-state index contributed by atoms with van der Waals surface area (Å²) in [5, 5.41) is 8.04. The minimum absolute atomic E-state index is 0.214. The first kappa shape index (κ1) is 17.3. The molecule has 1 aliphatic carbocycles. The highest BCUT2D eigenvalue weighted by molar-refractivity contribution is 5.77. The first-order chi connectivity index (χ1) is 14.7. The molecule has 2 N–H and O–H groups in total. The number of rotatable bonds is 4. The van der Waals surface area contributed by atoms with E-state index in [4.69, 9.17) is 0 Å². The Morgan fingerprint density at radius 2 is 1.83 bits per heavy atom. The van der Waals surface area contributed by atoms with Gasteiger partial charge in [-0.1, -0.05) is 18.2 Å². The largest absolute Gasteiger partial charge is 0.368 e. The Kier molecular flexibility index (Phi) is 3.87. The molecule has 2 bridgehead atoms. The van der Waals surface area contributed by atoms with Crippen LogP contribution < -0.4 is 15.8 Å². The smallest absolute Gasteiger partial charge is 0.263 e. The molecule has 0 amide bonds. The molecule has 0 spiro atoms. The third-order valence-corrected chi connectivity index (χ3v) is 6.31. The maximum Gasteiger partial charge on any atom is 0.263 e. The van der Waals surface area contributed by atoms with Crippen molar-refractivity contribution < 1.29 is 0 Å². The third-order valence-electron chi connectivity index (χ3n) is 6.31. The predicted molar refractivity (Wildman–Crippen MR) is 118 cm³/mol. The van der Waals surface area contributed by atoms with Crippen LogP contribution in [0.5, 0.6) is 0 Å². The summed E-state index contributed by atoms with van der Waals surface area (Å²) in [4.78, 5) is 22.5. The van der Waals surface area contributed by atoms with E-state index in [9.17, 15) is 4.79 Å². The van der Waals surface area contributed by atoms with Gasteiger partial charge in [-0.25, -0.2) is 4.68 Å². The molecule has 3 heterocycles. The number of H-pyrrole nitrogens is 1. The number of nitrogens with one attached hydrogen (secondary N) is 2. The summed E-state index contributed by atoms with van der Waals surface area (Å²) in [6.07, 6.45) is 5.57. The zero-order valence-electron chi connectivity index (χ0n) is 16.5. The molecule has 2 fully saturated rings. The average molecular weight is 398 g/mol. The van der Waals surface area contributed by atoms with E-state index in [1.54, 1.807) is 10.9 Å². The number of benzene rings is 2. The Morgan fingerprint density at radius 1 is 1.00 bits per heavy atom. The Morgan fingerprint density at radius 3 is 2.57 bits per heavy atom. The van der Waals surface area contributed by atoms with Crippen LogP contribution in [0.25, 0.3) is 16.7 Å². The molecule has 1 saturated carbocycles. The van der Waals surface area contributed by atoms with Crippen LogP contribution in [0.15, 0.2) is 65.6 Å². The van der Waals surface area contributed by atoms with Crippen molar-refractivity contribution in [3.63, 3.8) is 0 Å². The van der Waals surface area contributed by atoms with Crippen molar-refractivity contribution in [2.45, 2.75) is 25.3 Å². The highest BCUT2D eigenvalue weighted by Crippen LogP contribution is 2.40. The fraction of sp³-hybridized carbons (Fsp3) is 0.261. The van der Waals surface area contributed by atoms with Gasteiger partial charge in [0.2, 0.25) is 5.95 Å². The Labute approximate surface area is 173 Å². The summed E-state index contributed by atoms with van der Waals surface area (Å²) in [6.45, 7) is 1.17. The quantitative estimate of drug-likeness (QED) is 0.546. The second-order valence-electron chi connectivity index (χ2n) is 8.20. The first-order valence-electron chi connectivity index (χ1n) is 10.4. The van der Waals surface area contributed by atoms with Crippen molar-refractivity contribution in [2.75, 3.05) is 16.8 Å². The van der Waals surface area contributed by atoms with Gasteiger partial charge in [-0.2, -0.15) is 10.1 Å². The third kappa shape index (κ3) is 2.85. The highest BCUT2D eigenvalue weighted by Gasteiger charge is 2.37. The van der Waals surface area contributed by atoms with Gasteiger partial charge in [0.25, 0.3) is 5.56 Å². The lowest BCUT2D eigenvalue weighted by Gasteiger charge is -2.29. The first-order valence-corrected chi connectivity index (χ1v) is 10.4. The van der Waals surface area contributed by atoms with Gasteiger partial charge in [-0.15, -0.1) is 0 Å². The van der Waals surface area contributed by atoms with Crippen LogP contribution in [-0.4, -0.2) is 32.3 Å². The standard InChI is InChI=1S/C23H22N6O/c30-22-20-13-24-29(18-4-2-1-3-5-18)21(20)26-23(27-22)25-16-7-10-17(11-8-16)28-14-15-6-9-19(28)12-15/h1-5,7-8,10-11,13,15,19H,6,9,12,14H2,(H2,25,26,27,30).